The first-order valence-electron chi connectivity index (χ1n) is 7.52. The highest BCUT2D eigenvalue weighted by Crippen LogP contribution is 2.30. The fourth-order valence-electron chi connectivity index (χ4n) is 2.38. The molecule has 1 aromatic carbocycles. The van der Waals surface area contributed by atoms with E-state index in [1.807, 2.05) is 26.0 Å². The Morgan fingerprint density at radius 2 is 1.95 bits per heavy atom. The van der Waals surface area contributed by atoms with Gasteiger partial charge in [0.05, 0.1) is 5.69 Å². The van der Waals surface area contributed by atoms with Gasteiger partial charge in [-0.3, -0.25) is 9.59 Å². The van der Waals surface area contributed by atoms with E-state index >= 15 is 0 Å². The third-order valence-corrected chi connectivity index (χ3v) is 3.52. The van der Waals surface area contributed by atoms with E-state index in [4.69, 9.17) is 0 Å². The second-order valence-electron chi connectivity index (χ2n) is 5.54. The standard InChI is InChI=1S/C17H26N2O2/c1-6-16(21)18-10-11-19(14(5)20)17-13(4)8-7-9-15(17)12(2)3/h7-9,12H,6,10-11H2,1-5H3,(H,18,21). The zero-order valence-corrected chi connectivity index (χ0v) is 13.7. The number of hydrogen-bond donors (Lipinski definition) is 1. The second-order valence-corrected chi connectivity index (χ2v) is 5.54. The van der Waals surface area contributed by atoms with Crippen LogP contribution in [0.4, 0.5) is 5.69 Å². The number of rotatable bonds is 6. The molecule has 0 radical (unpaired) electrons. The van der Waals surface area contributed by atoms with Crippen LogP contribution in [0.2, 0.25) is 0 Å². The molecule has 1 rings (SSSR count). The molecule has 0 bridgehead atoms. The molecule has 0 unspecified atom stereocenters. The van der Waals surface area contributed by atoms with E-state index in [0.29, 0.717) is 25.4 Å². The highest BCUT2D eigenvalue weighted by molar-refractivity contribution is 5.93. The lowest BCUT2D eigenvalue weighted by atomic mass is 9.97. The van der Waals surface area contributed by atoms with Crippen LogP contribution in [0.15, 0.2) is 18.2 Å². The Bertz CT molecular complexity index is 510. The maximum Gasteiger partial charge on any atom is 0.223 e. The number of carbonyl (C=O) groups is 2. The van der Waals surface area contributed by atoms with Gasteiger partial charge in [-0.15, -0.1) is 0 Å². The van der Waals surface area contributed by atoms with Crippen molar-refractivity contribution in [3.8, 4) is 0 Å². The van der Waals surface area contributed by atoms with E-state index < -0.39 is 0 Å². The molecule has 21 heavy (non-hydrogen) atoms. The lowest BCUT2D eigenvalue weighted by molar-refractivity contribution is -0.121. The monoisotopic (exact) mass is 290 g/mol. The Morgan fingerprint density at radius 1 is 1.29 bits per heavy atom. The fraction of sp³-hybridized carbons (Fsp3) is 0.529. The van der Waals surface area contributed by atoms with Gasteiger partial charge in [0, 0.05) is 26.4 Å². The highest BCUT2D eigenvalue weighted by Gasteiger charge is 2.19. The zero-order valence-electron chi connectivity index (χ0n) is 13.7. The van der Waals surface area contributed by atoms with Gasteiger partial charge in [-0.25, -0.2) is 0 Å². The molecule has 116 valence electrons. The summed E-state index contributed by atoms with van der Waals surface area (Å²) in [5.41, 5.74) is 3.22. The number of anilines is 1. The van der Waals surface area contributed by atoms with Crippen LogP contribution in [-0.2, 0) is 9.59 Å². The Kier molecular flexibility index (Phi) is 6.40. The van der Waals surface area contributed by atoms with Gasteiger partial charge in [0.2, 0.25) is 11.8 Å². The first-order chi connectivity index (χ1) is 9.88. The molecule has 0 atom stereocenters. The van der Waals surface area contributed by atoms with Crippen LogP contribution in [0.1, 0.15) is 51.2 Å². The van der Waals surface area contributed by atoms with Gasteiger partial charge >= 0.3 is 0 Å². The summed E-state index contributed by atoms with van der Waals surface area (Å²) in [5, 5.41) is 2.82. The van der Waals surface area contributed by atoms with Crippen molar-refractivity contribution in [1.29, 1.82) is 0 Å². The van der Waals surface area contributed by atoms with E-state index in [1.165, 1.54) is 0 Å². The van der Waals surface area contributed by atoms with Gasteiger partial charge in [-0.1, -0.05) is 39.0 Å². The second kappa shape index (κ2) is 7.81. The average Bonchev–Trinajstić information content (AvgIpc) is 2.43. The molecule has 0 aromatic heterocycles. The van der Waals surface area contributed by atoms with Gasteiger partial charge in [-0.2, -0.15) is 0 Å². The van der Waals surface area contributed by atoms with Crippen molar-refractivity contribution >= 4 is 17.5 Å². The van der Waals surface area contributed by atoms with Crippen molar-refractivity contribution in [2.24, 2.45) is 0 Å². The van der Waals surface area contributed by atoms with Crippen LogP contribution in [0.5, 0.6) is 0 Å². The number of nitrogens with one attached hydrogen (secondary N) is 1. The minimum atomic E-state index is -0.00283. The molecule has 4 heteroatoms. The average molecular weight is 290 g/mol. The van der Waals surface area contributed by atoms with Crippen LogP contribution in [0.25, 0.3) is 0 Å². The molecule has 0 aliphatic heterocycles. The van der Waals surface area contributed by atoms with Crippen molar-refractivity contribution in [3.05, 3.63) is 29.3 Å². The van der Waals surface area contributed by atoms with Gasteiger partial charge in [0.1, 0.15) is 0 Å². The summed E-state index contributed by atoms with van der Waals surface area (Å²) in [7, 11) is 0. The van der Waals surface area contributed by atoms with Crippen LogP contribution in [0, 0.1) is 6.92 Å². The first-order valence-corrected chi connectivity index (χ1v) is 7.52. The Hall–Kier alpha value is -1.84. The van der Waals surface area contributed by atoms with Crippen molar-refractivity contribution in [2.75, 3.05) is 18.0 Å². The SMILES string of the molecule is CCC(=O)NCCN(C(C)=O)c1c(C)cccc1C(C)C. The molecule has 0 saturated heterocycles. The van der Waals surface area contributed by atoms with Crippen LogP contribution in [0.3, 0.4) is 0 Å². The zero-order chi connectivity index (χ0) is 16.0. The van der Waals surface area contributed by atoms with E-state index in [2.05, 4.69) is 25.2 Å². The summed E-state index contributed by atoms with van der Waals surface area (Å²) in [6, 6.07) is 6.10. The summed E-state index contributed by atoms with van der Waals surface area (Å²) in [6.45, 7) is 10.6. The number of aryl methyl sites for hydroxylation is 1. The number of para-hydroxylation sites is 1. The maximum atomic E-state index is 12.0. The predicted molar refractivity (Wildman–Crippen MR) is 86.6 cm³/mol. The molecule has 1 N–H and O–H groups in total. The van der Waals surface area contributed by atoms with E-state index in [9.17, 15) is 9.59 Å². The molecule has 0 aliphatic rings. The number of benzene rings is 1. The van der Waals surface area contributed by atoms with E-state index in [-0.39, 0.29) is 11.8 Å². The van der Waals surface area contributed by atoms with Crippen LogP contribution < -0.4 is 10.2 Å². The minimum Gasteiger partial charge on any atom is -0.354 e. The lowest BCUT2D eigenvalue weighted by Crippen LogP contribution is -2.38. The number of hydrogen-bond acceptors (Lipinski definition) is 2. The minimum absolute atomic E-state index is 0.00283. The number of nitrogens with zero attached hydrogens (tertiary/aromatic N) is 1. The molecule has 0 fully saturated rings. The largest absolute Gasteiger partial charge is 0.354 e. The Labute approximate surface area is 127 Å². The molecule has 0 aliphatic carbocycles. The number of carbonyl (C=O) groups excluding carboxylic acids is 2. The van der Waals surface area contributed by atoms with Crippen LogP contribution >= 0.6 is 0 Å². The molecule has 0 heterocycles. The van der Waals surface area contributed by atoms with Crippen molar-refractivity contribution in [2.45, 2.75) is 47.0 Å². The predicted octanol–water partition coefficient (Wildman–Crippen LogP) is 3.00. The molecule has 4 nitrogen and oxygen atoms in total. The quantitative estimate of drug-likeness (QED) is 0.875. The topological polar surface area (TPSA) is 49.4 Å². The van der Waals surface area contributed by atoms with Gasteiger partial charge in [0.25, 0.3) is 0 Å². The third-order valence-electron chi connectivity index (χ3n) is 3.52. The third kappa shape index (κ3) is 4.59. The summed E-state index contributed by atoms with van der Waals surface area (Å²) in [6.07, 6.45) is 0.460. The van der Waals surface area contributed by atoms with E-state index in [1.54, 1.807) is 11.8 Å². The molecular weight excluding hydrogens is 264 g/mol. The van der Waals surface area contributed by atoms with Crippen molar-refractivity contribution in [3.63, 3.8) is 0 Å². The van der Waals surface area contributed by atoms with Gasteiger partial charge < -0.3 is 10.2 Å². The molecule has 1 aromatic rings. The van der Waals surface area contributed by atoms with Crippen molar-refractivity contribution < 1.29 is 9.59 Å². The molecule has 0 spiro atoms. The normalized spacial score (nSPS) is 10.6. The van der Waals surface area contributed by atoms with Crippen LogP contribution in [-0.4, -0.2) is 24.9 Å². The first kappa shape index (κ1) is 17.2. The molecule has 2 amide bonds. The summed E-state index contributed by atoms with van der Waals surface area (Å²) < 4.78 is 0. The highest BCUT2D eigenvalue weighted by atomic mass is 16.2. The molecule has 0 saturated carbocycles. The Morgan fingerprint density at radius 3 is 2.48 bits per heavy atom. The molecular formula is C17H26N2O2. The fourth-order valence-corrected chi connectivity index (χ4v) is 2.38. The van der Waals surface area contributed by atoms with Crippen molar-refractivity contribution in [1.82, 2.24) is 5.32 Å². The summed E-state index contributed by atoms with van der Waals surface area (Å²) in [4.78, 5) is 25.1. The lowest BCUT2D eigenvalue weighted by Gasteiger charge is -2.27. The maximum absolute atomic E-state index is 12.0. The Balaban J connectivity index is 3.01. The number of amides is 2. The summed E-state index contributed by atoms with van der Waals surface area (Å²) >= 11 is 0. The smallest absolute Gasteiger partial charge is 0.223 e. The van der Waals surface area contributed by atoms with Gasteiger partial charge in [-0.05, 0) is 24.0 Å². The van der Waals surface area contributed by atoms with E-state index in [0.717, 1.165) is 16.8 Å². The van der Waals surface area contributed by atoms with Gasteiger partial charge in [0.15, 0.2) is 0 Å². The summed E-state index contributed by atoms with van der Waals surface area (Å²) in [5.74, 6) is 0.344.